The molecule has 4 heterocycles. The number of likely N-dealkylation sites (tertiary alicyclic amines) is 1. The highest BCUT2D eigenvalue weighted by molar-refractivity contribution is 9.10. The molecule has 4 rings (SSSR count). The first kappa shape index (κ1) is 19.9. The number of carbonyl (C=O) groups is 1. The van der Waals surface area contributed by atoms with Gasteiger partial charge in [-0.2, -0.15) is 5.10 Å². The molecule has 7 nitrogen and oxygen atoms in total. The summed E-state index contributed by atoms with van der Waals surface area (Å²) in [6.45, 7) is 9.14. The summed E-state index contributed by atoms with van der Waals surface area (Å²) in [7, 11) is 0. The average molecular weight is 460 g/mol. The van der Waals surface area contributed by atoms with Crippen LogP contribution in [0.5, 0.6) is 0 Å². The highest BCUT2D eigenvalue weighted by Gasteiger charge is 2.28. The van der Waals surface area contributed by atoms with Crippen LogP contribution in [0.3, 0.4) is 0 Å². The van der Waals surface area contributed by atoms with E-state index in [1.54, 1.807) is 11.1 Å². The van der Waals surface area contributed by atoms with Crippen molar-refractivity contribution >= 4 is 27.7 Å². The number of amides is 1. The van der Waals surface area contributed by atoms with Gasteiger partial charge in [0.1, 0.15) is 15.9 Å². The zero-order valence-corrected chi connectivity index (χ0v) is 18.8. The molecule has 154 valence electrons. The van der Waals surface area contributed by atoms with Crippen LogP contribution in [-0.2, 0) is 4.74 Å². The lowest BCUT2D eigenvalue weighted by atomic mass is 10.0. The highest BCUT2D eigenvalue weighted by atomic mass is 79.9. The molecule has 0 spiro atoms. The Morgan fingerprint density at radius 3 is 2.62 bits per heavy atom. The van der Waals surface area contributed by atoms with Crippen LogP contribution in [0.15, 0.2) is 35.5 Å². The van der Waals surface area contributed by atoms with Crippen molar-refractivity contribution in [3.05, 3.63) is 41.0 Å². The average Bonchev–Trinajstić information content (AvgIpc) is 3.27. The highest BCUT2D eigenvalue weighted by Crippen LogP contribution is 2.29. The molecule has 8 heteroatoms. The van der Waals surface area contributed by atoms with Crippen LogP contribution < -0.4 is 0 Å². The Morgan fingerprint density at radius 2 is 1.93 bits per heavy atom. The van der Waals surface area contributed by atoms with Gasteiger partial charge in [-0.1, -0.05) is 0 Å². The number of carbonyl (C=O) groups excluding carboxylic acids is 1. The SMILES string of the molecule is Cc1cn2c(Br)cnc2cc1-c1cnn(C2CCN(C(=O)OC(C)(C)C)CC2)c1. The van der Waals surface area contributed by atoms with Crippen molar-refractivity contribution in [3.8, 4) is 11.1 Å². The summed E-state index contributed by atoms with van der Waals surface area (Å²) in [5, 5.41) is 4.62. The summed E-state index contributed by atoms with van der Waals surface area (Å²) in [6.07, 6.45) is 9.41. The van der Waals surface area contributed by atoms with Gasteiger partial charge in [0, 0.05) is 31.0 Å². The number of piperidine rings is 1. The van der Waals surface area contributed by atoms with Crippen LogP contribution >= 0.6 is 15.9 Å². The Labute approximate surface area is 178 Å². The van der Waals surface area contributed by atoms with Crippen LogP contribution in [-0.4, -0.2) is 48.8 Å². The minimum Gasteiger partial charge on any atom is -0.444 e. The summed E-state index contributed by atoms with van der Waals surface area (Å²) in [5.41, 5.74) is 3.81. The largest absolute Gasteiger partial charge is 0.444 e. The van der Waals surface area contributed by atoms with Crippen molar-refractivity contribution in [1.29, 1.82) is 0 Å². The van der Waals surface area contributed by atoms with Gasteiger partial charge in [-0.3, -0.25) is 9.08 Å². The number of nitrogens with zero attached hydrogens (tertiary/aromatic N) is 5. The van der Waals surface area contributed by atoms with Gasteiger partial charge >= 0.3 is 6.09 Å². The normalized spacial score (nSPS) is 15.8. The number of imidazole rings is 1. The standard InChI is InChI=1S/C21H26BrN5O2/c1-14-12-26-18(22)11-23-19(26)9-17(14)15-10-24-27(13-15)16-5-7-25(8-6-16)20(28)29-21(2,3)4/h9-13,16H,5-8H2,1-4H3. The number of halogens is 1. The van der Waals surface area contributed by atoms with E-state index in [9.17, 15) is 4.79 Å². The lowest BCUT2D eigenvalue weighted by molar-refractivity contribution is 0.0185. The number of hydrogen-bond acceptors (Lipinski definition) is 4. The maximum Gasteiger partial charge on any atom is 0.410 e. The lowest BCUT2D eigenvalue weighted by Gasteiger charge is -2.33. The quantitative estimate of drug-likeness (QED) is 0.549. The van der Waals surface area contributed by atoms with Gasteiger partial charge < -0.3 is 9.64 Å². The Bertz CT molecular complexity index is 1040. The Balaban J connectivity index is 1.47. The number of fused-ring (bicyclic) bond motifs is 1. The van der Waals surface area contributed by atoms with E-state index in [1.807, 2.05) is 36.1 Å². The van der Waals surface area contributed by atoms with Crippen LogP contribution in [0, 0.1) is 6.92 Å². The van der Waals surface area contributed by atoms with E-state index in [0.717, 1.165) is 39.8 Å². The fourth-order valence-electron chi connectivity index (χ4n) is 3.72. The van der Waals surface area contributed by atoms with E-state index >= 15 is 0 Å². The monoisotopic (exact) mass is 459 g/mol. The van der Waals surface area contributed by atoms with E-state index in [0.29, 0.717) is 13.1 Å². The second-order valence-electron chi connectivity index (χ2n) is 8.59. The smallest absolute Gasteiger partial charge is 0.410 e. The summed E-state index contributed by atoms with van der Waals surface area (Å²) in [5.74, 6) is 0. The number of hydrogen-bond donors (Lipinski definition) is 0. The molecule has 3 aromatic heterocycles. The summed E-state index contributed by atoms with van der Waals surface area (Å²) in [6, 6.07) is 2.37. The summed E-state index contributed by atoms with van der Waals surface area (Å²) >= 11 is 3.52. The van der Waals surface area contributed by atoms with E-state index in [4.69, 9.17) is 4.74 Å². The fraction of sp³-hybridized carbons (Fsp3) is 0.476. The molecule has 29 heavy (non-hydrogen) atoms. The maximum absolute atomic E-state index is 12.3. The molecular weight excluding hydrogens is 434 g/mol. The van der Waals surface area contributed by atoms with Crippen molar-refractivity contribution < 1.29 is 9.53 Å². The van der Waals surface area contributed by atoms with Crippen molar-refractivity contribution in [2.24, 2.45) is 0 Å². The first-order chi connectivity index (χ1) is 13.7. The molecule has 0 unspecified atom stereocenters. The van der Waals surface area contributed by atoms with Gasteiger partial charge in [0.25, 0.3) is 0 Å². The number of ether oxygens (including phenoxy) is 1. The third-order valence-corrected chi connectivity index (χ3v) is 5.79. The molecule has 1 fully saturated rings. The van der Waals surface area contributed by atoms with Gasteiger partial charge in [-0.25, -0.2) is 9.78 Å². The van der Waals surface area contributed by atoms with Crippen molar-refractivity contribution in [3.63, 3.8) is 0 Å². The Hall–Kier alpha value is -2.35. The molecule has 0 N–H and O–H groups in total. The van der Waals surface area contributed by atoms with E-state index < -0.39 is 5.60 Å². The molecule has 0 bridgehead atoms. The number of aryl methyl sites for hydroxylation is 1. The van der Waals surface area contributed by atoms with Crippen molar-refractivity contribution in [2.45, 2.75) is 52.2 Å². The maximum atomic E-state index is 12.3. The third kappa shape index (κ3) is 4.17. The third-order valence-electron chi connectivity index (χ3n) is 5.20. The summed E-state index contributed by atoms with van der Waals surface area (Å²) < 4.78 is 10.5. The first-order valence-corrected chi connectivity index (χ1v) is 10.7. The molecule has 1 amide bonds. The minimum atomic E-state index is -0.464. The molecule has 1 saturated heterocycles. The minimum absolute atomic E-state index is 0.230. The lowest BCUT2D eigenvalue weighted by Crippen LogP contribution is -2.42. The Morgan fingerprint density at radius 1 is 1.21 bits per heavy atom. The van der Waals surface area contributed by atoms with Gasteiger partial charge in [-0.05, 0) is 73.7 Å². The molecule has 0 atom stereocenters. The van der Waals surface area contributed by atoms with E-state index in [2.05, 4.69) is 51.4 Å². The van der Waals surface area contributed by atoms with Gasteiger partial charge in [-0.15, -0.1) is 0 Å². The van der Waals surface area contributed by atoms with Crippen LogP contribution in [0.1, 0.15) is 45.2 Å². The van der Waals surface area contributed by atoms with Crippen LogP contribution in [0.4, 0.5) is 4.79 Å². The number of pyridine rings is 1. The van der Waals surface area contributed by atoms with E-state index in [1.165, 1.54) is 0 Å². The Kier molecular flexibility index (Phi) is 5.14. The van der Waals surface area contributed by atoms with Crippen molar-refractivity contribution in [2.75, 3.05) is 13.1 Å². The predicted octanol–water partition coefficient (Wildman–Crippen LogP) is 4.84. The zero-order chi connectivity index (χ0) is 20.8. The number of rotatable bonds is 2. The second kappa shape index (κ2) is 7.48. The topological polar surface area (TPSA) is 64.7 Å². The van der Waals surface area contributed by atoms with Crippen molar-refractivity contribution in [1.82, 2.24) is 24.1 Å². The van der Waals surface area contributed by atoms with Gasteiger partial charge in [0.15, 0.2) is 0 Å². The molecule has 0 aliphatic carbocycles. The van der Waals surface area contributed by atoms with Gasteiger partial charge in [0.2, 0.25) is 0 Å². The molecule has 0 saturated carbocycles. The number of aromatic nitrogens is 4. The molecule has 1 aliphatic rings. The molecule has 0 aromatic carbocycles. The molecule has 3 aromatic rings. The summed E-state index contributed by atoms with van der Waals surface area (Å²) in [4.78, 5) is 18.5. The van der Waals surface area contributed by atoms with Crippen LogP contribution in [0.2, 0.25) is 0 Å². The van der Waals surface area contributed by atoms with Crippen LogP contribution in [0.25, 0.3) is 16.8 Å². The molecular formula is C21H26BrN5O2. The van der Waals surface area contributed by atoms with Gasteiger partial charge in [0.05, 0.1) is 18.4 Å². The predicted molar refractivity (Wildman–Crippen MR) is 115 cm³/mol. The fourth-order valence-corrected chi connectivity index (χ4v) is 4.11. The first-order valence-electron chi connectivity index (χ1n) is 9.87. The molecule has 1 aliphatic heterocycles. The molecule has 0 radical (unpaired) electrons. The van der Waals surface area contributed by atoms with E-state index in [-0.39, 0.29) is 12.1 Å². The zero-order valence-electron chi connectivity index (χ0n) is 17.2. The second-order valence-corrected chi connectivity index (χ2v) is 9.40.